The highest BCUT2D eigenvalue weighted by molar-refractivity contribution is 5.80. The molecule has 0 aliphatic heterocycles. The zero-order valence-corrected chi connectivity index (χ0v) is 14.8. The molecule has 3 heteroatoms. The highest BCUT2D eigenvalue weighted by Crippen LogP contribution is 2.26. The second-order valence-corrected chi connectivity index (χ2v) is 6.34. The van der Waals surface area contributed by atoms with Gasteiger partial charge in [0.25, 0.3) is 0 Å². The average molecular weight is 337 g/mol. The molecule has 0 amide bonds. The molecule has 0 bridgehead atoms. The number of fused-ring (bicyclic) bond motifs is 1. The van der Waals surface area contributed by atoms with E-state index in [1.165, 1.54) is 0 Å². The molecule has 4 rings (SSSR count). The van der Waals surface area contributed by atoms with Crippen LogP contribution in [-0.4, -0.2) is 24.1 Å². The van der Waals surface area contributed by atoms with E-state index < -0.39 is 0 Å². The van der Waals surface area contributed by atoms with Gasteiger partial charge in [0, 0.05) is 30.8 Å². The Kier molecular flexibility index (Phi) is 4.17. The normalized spacial score (nSPS) is 10.4. The third-order valence-corrected chi connectivity index (χ3v) is 4.26. The van der Waals surface area contributed by atoms with Gasteiger partial charge in [0.1, 0.15) is 5.82 Å². The van der Waals surface area contributed by atoms with Gasteiger partial charge in [0.15, 0.2) is 0 Å². The molecule has 0 radical (unpaired) electrons. The van der Waals surface area contributed by atoms with Gasteiger partial charge in [-0.2, -0.15) is 0 Å². The predicted octanol–water partition coefficient (Wildman–Crippen LogP) is 4.70. The molecule has 0 saturated carbocycles. The summed E-state index contributed by atoms with van der Waals surface area (Å²) >= 11 is 0. The van der Waals surface area contributed by atoms with Crippen molar-refractivity contribution in [2.24, 2.45) is 0 Å². The Hall–Kier alpha value is -3.51. The van der Waals surface area contributed by atoms with E-state index in [9.17, 15) is 0 Å². The number of benzene rings is 3. The second kappa shape index (κ2) is 6.78. The van der Waals surface area contributed by atoms with Crippen LogP contribution in [0.2, 0.25) is 0 Å². The summed E-state index contributed by atoms with van der Waals surface area (Å²) in [5.74, 6) is 7.44. The van der Waals surface area contributed by atoms with Crippen molar-refractivity contribution in [1.29, 1.82) is 0 Å². The van der Waals surface area contributed by atoms with E-state index in [4.69, 9.17) is 4.98 Å². The first-order chi connectivity index (χ1) is 12.7. The molecule has 4 aromatic rings. The topological polar surface area (TPSA) is 31.9 Å². The number of para-hydroxylation sites is 2. The molecule has 0 fully saturated rings. The molecule has 1 heterocycles. The molecule has 3 aromatic carbocycles. The van der Waals surface area contributed by atoms with E-state index in [2.05, 4.69) is 39.9 Å². The maximum Gasteiger partial charge on any atom is 0.138 e. The predicted molar refractivity (Wildman–Crippen MR) is 108 cm³/mol. The SMILES string of the molecule is CN(C)c1ccc(-c2nc3ccccc3[nH]2)cc1C#Cc1ccccc1. The summed E-state index contributed by atoms with van der Waals surface area (Å²) < 4.78 is 0. The van der Waals surface area contributed by atoms with Gasteiger partial charge >= 0.3 is 0 Å². The van der Waals surface area contributed by atoms with Crippen molar-refractivity contribution < 1.29 is 0 Å². The summed E-state index contributed by atoms with van der Waals surface area (Å²) in [5, 5.41) is 0. The lowest BCUT2D eigenvalue weighted by molar-refractivity contribution is 1.13. The van der Waals surface area contributed by atoms with Gasteiger partial charge in [-0.1, -0.05) is 42.2 Å². The van der Waals surface area contributed by atoms with Crippen molar-refractivity contribution in [2.45, 2.75) is 0 Å². The van der Waals surface area contributed by atoms with E-state index in [1.54, 1.807) is 0 Å². The lowest BCUT2D eigenvalue weighted by Gasteiger charge is -2.15. The van der Waals surface area contributed by atoms with Crippen LogP contribution in [0.4, 0.5) is 5.69 Å². The zero-order valence-electron chi connectivity index (χ0n) is 14.8. The highest BCUT2D eigenvalue weighted by Gasteiger charge is 2.09. The molecular formula is C23H19N3. The molecule has 0 unspecified atom stereocenters. The quantitative estimate of drug-likeness (QED) is 0.538. The van der Waals surface area contributed by atoms with E-state index >= 15 is 0 Å². The summed E-state index contributed by atoms with van der Waals surface area (Å²) in [5.41, 5.74) is 6.12. The fourth-order valence-corrected chi connectivity index (χ4v) is 2.92. The maximum atomic E-state index is 4.70. The minimum absolute atomic E-state index is 0.860. The number of nitrogens with one attached hydrogen (secondary N) is 1. The van der Waals surface area contributed by atoms with Crippen molar-refractivity contribution in [3.63, 3.8) is 0 Å². The fourth-order valence-electron chi connectivity index (χ4n) is 2.92. The van der Waals surface area contributed by atoms with Crippen LogP contribution in [0.5, 0.6) is 0 Å². The van der Waals surface area contributed by atoms with Crippen LogP contribution in [-0.2, 0) is 0 Å². The molecule has 26 heavy (non-hydrogen) atoms. The average Bonchev–Trinajstić information content (AvgIpc) is 3.11. The number of hydrogen-bond acceptors (Lipinski definition) is 2. The Bertz CT molecular complexity index is 1080. The zero-order chi connectivity index (χ0) is 17.9. The summed E-state index contributed by atoms with van der Waals surface area (Å²) in [6.07, 6.45) is 0. The molecular weight excluding hydrogens is 318 g/mol. The Morgan fingerprint density at radius 2 is 1.62 bits per heavy atom. The van der Waals surface area contributed by atoms with Crippen LogP contribution in [0.1, 0.15) is 11.1 Å². The molecule has 0 atom stereocenters. The standard InChI is InChI=1S/C23H19N3/c1-26(2)22-15-14-19(23-24-20-10-6-7-11-21(20)25-23)16-18(22)13-12-17-8-4-3-5-9-17/h3-11,14-16H,1-2H3,(H,24,25). The van der Waals surface area contributed by atoms with E-state index in [-0.39, 0.29) is 0 Å². The van der Waals surface area contributed by atoms with Crippen LogP contribution >= 0.6 is 0 Å². The summed E-state index contributed by atoms with van der Waals surface area (Å²) in [6, 6.07) is 24.4. The molecule has 0 aliphatic carbocycles. The molecule has 1 N–H and O–H groups in total. The Labute approximate surface area is 153 Å². The third kappa shape index (κ3) is 3.18. The van der Waals surface area contributed by atoms with Gasteiger partial charge in [-0.3, -0.25) is 0 Å². The van der Waals surface area contributed by atoms with E-state index in [1.807, 2.05) is 68.7 Å². The van der Waals surface area contributed by atoms with E-state index in [0.29, 0.717) is 0 Å². The van der Waals surface area contributed by atoms with Crippen molar-refractivity contribution in [3.05, 3.63) is 83.9 Å². The number of hydrogen-bond donors (Lipinski definition) is 1. The third-order valence-electron chi connectivity index (χ3n) is 4.26. The van der Waals surface area contributed by atoms with Crippen molar-refractivity contribution in [3.8, 4) is 23.2 Å². The number of H-pyrrole nitrogens is 1. The Morgan fingerprint density at radius 1 is 0.846 bits per heavy atom. The smallest absolute Gasteiger partial charge is 0.138 e. The molecule has 1 aromatic heterocycles. The van der Waals surface area contributed by atoms with Gasteiger partial charge in [0.05, 0.1) is 16.7 Å². The fraction of sp³-hybridized carbons (Fsp3) is 0.0870. The number of rotatable bonds is 2. The Morgan fingerprint density at radius 3 is 2.38 bits per heavy atom. The van der Waals surface area contributed by atoms with E-state index in [0.717, 1.165) is 39.2 Å². The van der Waals surface area contributed by atoms with Crippen LogP contribution < -0.4 is 4.90 Å². The molecule has 0 spiro atoms. The number of aromatic amines is 1. The number of imidazole rings is 1. The molecule has 0 saturated heterocycles. The molecule has 126 valence electrons. The van der Waals surface area contributed by atoms with Crippen molar-refractivity contribution in [1.82, 2.24) is 9.97 Å². The first-order valence-corrected chi connectivity index (χ1v) is 8.54. The minimum atomic E-state index is 0.860. The number of nitrogens with zero attached hydrogens (tertiary/aromatic N) is 2. The second-order valence-electron chi connectivity index (χ2n) is 6.34. The van der Waals surface area contributed by atoms with Gasteiger partial charge in [-0.25, -0.2) is 4.98 Å². The van der Waals surface area contributed by atoms with Crippen molar-refractivity contribution >= 4 is 16.7 Å². The number of anilines is 1. The number of aromatic nitrogens is 2. The van der Waals surface area contributed by atoms with Gasteiger partial charge in [0.2, 0.25) is 0 Å². The largest absolute Gasteiger partial charge is 0.377 e. The van der Waals surface area contributed by atoms with Crippen molar-refractivity contribution in [2.75, 3.05) is 19.0 Å². The highest BCUT2D eigenvalue weighted by atomic mass is 15.1. The van der Waals surface area contributed by atoms with Gasteiger partial charge < -0.3 is 9.88 Å². The summed E-state index contributed by atoms with van der Waals surface area (Å²) in [4.78, 5) is 10.2. The first-order valence-electron chi connectivity index (χ1n) is 8.54. The van der Waals surface area contributed by atoms with Gasteiger partial charge in [-0.15, -0.1) is 0 Å². The summed E-state index contributed by atoms with van der Waals surface area (Å²) in [6.45, 7) is 0. The van der Waals surface area contributed by atoms with Crippen LogP contribution in [0.15, 0.2) is 72.8 Å². The lowest BCUT2D eigenvalue weighted by atomic mass is 10.1. The van der Waals surface area contributed by atoms with Gasteiger partial charge in [-0.05, 0) is 42.5 Å². The van der Waals surface area contributed by atoms with Crippen LogP contribution in [0.3, 0.4) is 0 Å². The van der Waals surface area contributed by atoms with Crippen LogP contribution in [0.25, 0.3) is 22.4 Å². The molecule has 3 nitrogen and oxygen atoms in total. The monoisotopic (exact) mass is 337 g/mol. The lowest BCUT2D eigenvalue weighted by Crippen LogP contribution is -2.10. The summed E-state index contributed by atoms with van der Waals surface area (Å²) in [7, 11) is 4.06. The first kappa shape index (κ1) is 16.0. The Balaban J connectivity index is 1.79. The minimum Gasteiger partial charge on any atom is -0.377 e. The van der Waals surface area contributed by atoms with Crippen LogP contribution in [0, 0.1) is 11.8 Å². The molecule has 0 aliphatic rings. The maximum absolute atomic E-state index is 4.70.